The summed E-state index contributed by atoms with van der Waals surface area (Å²) in [5, 5.41) is 11.5. The van der Waals surface area contributed by atoms with Gasteiger partial charge in [-0.15, -0.1) is 0 Å². The Morgan fingerprint density at radius 1 is 1.03 bits per heavy atom. The number of aromatic amines is 1. The SMILES string of the molecule is COc1ccc(-c2[nH]c3cc(C(C)C)ccc3c2-c2c(O)cc(C)oc2=O)cc1. The lowest BCUT2D eigenvalue weighted by Gasteiger charge is -2.08. The molecule has 5 nitrogen and oxygen atoms in total. The van der Waals surface area contributed by atoms with E-state index < -0.39 is 5.63 Å². The van der Waals surface area contributed by atoms with E-state index >= 15 is 0 Å². The van der Waals surface area contributed by atoms with Gasteiger partial charge in [0.2, 0.25) is 0 Å². The molecule has 0 unspecified atom stereocenters. The Hall–Kier alpha value is -3.47. The van der Waals surface area contributed by atoms with Crippen LogP contribution in [-0.2, 0) is 0 Å². The smallest absolute Gasteiger partial charge is 0.347 e. The van der Waals surface area contributed by atoms with Gasteiger partial charge in [-0.05, 0) is 54.3 Å². The number of hydrogen-bond donors (Lipinski definition) is 2. The first-order valence-corrected chi connectivity index (χ1v) is 9.53. The molecule has 2 heterocycles. The highest BCUT2D eigenvalue weighted by Gasteiger charge is 2.22. The fourth-order valence-electron chi connectivity index (χ4n) is 3.63. The zero-order valence-electron chi connectivity index (χ0n) is 16.9. The molecule has 0 spiro atoms. The molecule has 5 heteroatoms. The molecular formula is C24H23NO4. The molecule has 0 bridgehead atoms. The van der Waals surface area contributed by atoms with Gasteiger partial charge >= 0.3 is 5.63 Å². The number of ether oxygens (including phenoxy) is 1. The number of rotatable bonds is 4. The summed E-state index contributed by atoms with van der Waals surface area (Å²) >= 11 is 0. The van der Waals surface area contributed by atoms with Crippen LogP contribution in [0.5, 0.6) is 11.5 Å². The second-order valence-electron chi connectivity index (χ2n) is 7.47. The van der Waals surface area contributed by atoms with Crippen LogP contribution in [0.3, 0.4) is 0 Å². The molecule has 0 aliphatic carbocycles. The Morgan fingerprint density at radius 3 is 2.38 bits per heavy atom. The first kappa shape index (κ1) is 18.9. The van der Waals surface area contributed by atoms with Gasteiger partial charge < -0.3 is 19.2 Å². The molecule has 2 aromatic carbocycles. The summed E-state index contributed by atoms with van der Waals surface area (Å²) in [5.41, 5.74) is 3.93. The first-order chi connectivity index (χ1) is 13.9. The van der Waals surface area contributed by atoms with E-state index in [2.05, 4.69) is 31.0 Å². The van der Waals surface area contributed by atoms with E-state index in [1.54, 1.807) is 14.0 Å². The van der Waals surface area contributed by atoms with Crippen LogP contribution in [0.25, 0.3) is 33.3 Å². The van der Waals surface area contributed by atoms with Crippen LogP contribution in [0.4, 0.5) is 0 Å². The lowest BCUT2D eigenvalue weighted by atomic mass is 9.96. The summed E-state index contributed by atoms with van der Waals surface area (Å²) in [6, 6.07) is 15.2. The van der Waals surface area contributed by atoms with Crippen molar-refractivity contribution in [1.29, 1.82) is 0 Å². The predicted molar refractivity (Wildman–Crippen MR) is 115 cm³/mol. The lowest BCUT2D eigenvalue weighted by Crippen LogP contribution is -2.04. The molecule has 0 fully saturated rings. The average molecular weight is 389 g/mol. The number of aryl methyl sites for hydroxylation is 1. The maximum absolute atomic E-state index is 12.7. The van der Waals surface area contributed by atoms with E-state index in [-0.39, 0.29) is 11.3 Å². The van der Waals surface area contributed by atoms with Gasteiger partial charge in [-0.1, -0.05) is 26.0 Å². The number of nitrogens with one attached hydrogen (secondary N) is 1. The molecule has 0 saturated heterocycles. The number of hydrogen-bond acceptors (Lipinski definition) is 4. The molecule has 29 heavy (non-hydrogen) atoms. The number of benzene rings is 2. The number of H-pyrrole nitrogens is 1. The second kappa shape index (κ2) is 7.17. The van der Waals surface area contributed by atoms with Crippen molar-refractivity contribution in [2.24, 2.45) is 0 Å². The van der Waals surface area contributed by atoms with E-state index in [1.807, 2.05) is 30.3 Å². The Morgan fingerprint density at radius 2 is 1.76 bits per heavy atom. The summed E-state index contributed by atoms with van der Waals surface area (Å²) in [4.78, 5) is 16.1. The van der Waals surface area contributed by atoms with Gasteiger partial charge in [0.25, 0.3) is 0 Å². The molecule has 0 aliphatic heterocycles. The lowest BCUT2D eigenvalue weighted by molar-refractivity contribution is 0.415. The van der Waals surface area contributed by atoms with Gasteiger partial charge in [0.15, 0.2) is 0 Å². The maximum atomic E-state index is 12.7. The summed E-state index contributed by atoms with van der Waals surface area (Å²) in [6.45, 7) is 5.91. The van der Waals surface area contributed by atoms with Crippen molar-refractivity contribution >= 4 is 10.9 Å². The van der Waals surface area contributed by atoms with Crippen LogP contribution in [0, 0.1) is 6.92 Å². The third-order valence-electron chi connectivity index (χ3n) is 5.17. The molecule has 2 N–H and O–H groups in total. The van der Waals surface area contributed by atoms with E-state index in [1.165, 1.54) is 11.6 Å². The quantitative estimate of drug-likeness (QED) is 0.476. The van der Waals surface area contributed by atoms with Crippen LogP contribution in [0.15, 0.2) is 57.7 Å². The van der Waals surface area contributed by atoms with E-state index in [0.717, 1.165) is 27.9 Å². The van der Waals surface area contributed by atoms with Crippen molar-refractivity contribution in [2.45, 2.75) is 26.7 Å². The molecule has 0 amide bonds. The van der Waals surface area contributed by atoms with Crippen molar-refractivity contribution < 1.29 is 14.3 Å². The van der Waals surface area contributed by atoms with Gasteiger partial charge in [0.05, 0.1) is 12.8 Å². The summed E-state index contributed by atoms with van der Waals surface area (Å²) in [5.74, 6) is 1.38. The molecule has 148 valence electrons. The molecule has 4 aromatic rings. The normalized spacial score (nSPS) is 11.3. The number of methoxy groups -OCH3 is 1. The molecule has 0 saturated carbocycles. The number of aromatic hydroxyl groups is 1. The monoisotopic (exact) mass is 389 g/mol. The number of fused-ring (bicyclic) bond motifs is 1. The Labute approximate surface area is 168 Å². The highest BCUT2D eigenvalue weighted by molar-refractivity contribution is 6.04. The van der Waals surface area contributed by atoms with E-state index in [0.29, 0.717) is 17.2 Å². The number of aromatic nitrogens is 1. The minimum absolute atomic E-state index is 0.0950. The maximum Gasteiger partial charge on any atom is 0.347 e. The predicted octanol–water partition coefficient (Wildman–Crippen LogP) is 5.60. The minimum atomic E-state index is -0.564. The molecule has 0 atom stereocenters. The van der Waals surface area contributed by atoms with Crippen molar-refractivity contribution in [3.63, 3.8) is 0 Å². The van der Waals surface area contributed by atoms with Crippen LogP contribution >= 0.6 is 0 Å². The topological polar surface area (TPSA) is 75.5 Å². The van der Waals surface area contributed by atoms with Gasteiger partial charge in [0.1, 0.15) is 22.8 Å². The van der Waals surface area contributed by atoms with Crippen LogP contribution in [0.2, 0.25) is 0 Å². The van der Waals surface area contributed by atoms with Crippen molar-refractivity contribution in [1.82, 2.24) is 4.98 Å². The van der Waals surface area contributed by atoms with Gasteiger partial charge in [0, 0.05) is 22.5 Å². The molecule has 4 rings (SSSR count). The van der Waals surface area contributed by atoms with Gasteiger partial charge in [-0.25, -0.2) is 4.79 Å². The Balaban J connectivity index is 2.06. The van der Waals surface area contributed by atoms with Crippen LogP contribution < -0.4 is 10.4 Å². The highest BCUT2D eigenvalue weighted by Crippen LogP contribution is 2.41. The standard InChI is InChI=1S/C24H23NO4/c1-13(2)16-7-10-18-19(12-16)25-23(15-5-8-17(28-4)9-6-15)21(18)22-20(26)11-14(3)29-24(22)27/h5-13,25-26H,1-4H3. The largest absolute Gasteiger partial charge is 0.507 e. The van der Waals surface area contributed by atoms with Crippen LogP contribution in [0.1, 0.15) is 31.1 Å². The Bertz CT molecular complexity index is 1250. The second-order valence-corrected chi connectivity index (χ2v) is 7.47. The van der Waals surface area contributed by atoms with E-state index in [4.69, 9.17) is 9.15 Å². The molecular weight excluding hydrogens is 366 g/mol. The Kier molecular flexibility index (Phi) is 4.66. The summed E-state index contributed by atoms with van der Waals surface area (Å²) < 4.78 is 10.6. The zero-order chi connectivity index (χ0) is 20.7. The van der Waals surface area contributed by atoms with E-state index in [9.17, 15) is 9.90 Å². The fourth-order valence-corrected chi connectivity index (χ4v) is 3.63. The van der Waals surface area contributed by atoms with Crippen LogP contribution in [-0.4, -0.2) is 17.2 Å². The average Bonchev–Trinajstić information content (AvgIpc) is 3.06. The molecule has 2 aromatic heterocycles. The third-order valence-corrected chi connectivity index (χ3v) is 5.17. The fraction of sp³-hybridized carbons (Fsp3) is 0.208. The first-order valence-electron chi connectivity index (χ1n) is 9.53. The van der Waals surface area contributed by atoms with Crippen molar-refractivity contribution in [3.05, 3.63) is 70.3 Å². The van der Waals surface area contributed by atoms with Gasteiger partial charge in [-0.2, -0.15) is 0 Å². The molecule has 0 radical (unpaired) electrons. The van der Waals surface area contributed by atoms with Gasteiger partial charge in [-0.3, -0.25) is 0 Å². The zero-order valence-corrected chi connectivity index (χ0v) is 16.9. The minimum Gasteiger partial charge on any atom is -0.507 e. The molecule has 0 aliphatic rings. The van der Waals surface area contributed by atoms with Crippen molar-refractivity contribution in [3.8, 4) is 33.9 Å². The highest BCUT2D eigenvalue weighted by atomic mass is 16.5. The third kappa shape index (κ3) is 3.29. The summed E-state index contributed by atoms with van der Waals surface area (Å²) in [6.07, 6.45) is 0. The van der Waals surface area contributed by atoms with Crippen molar-refractivity contribution in [2.75, 3.05) is 7.11 Å². The summed E-state index contributed by atoms with van der Waals surface area (Å²) in [7, 11) is 1.62.